The molecule has 126 valence electrons. The second kappa shape index (κ2) is 8.31. The molecule has 1 aliphatic heterocycles. The number of carbonyl (C=O) groups is 2. The monoisotopic (exact) mass is 337 g/mol. The molecule has 0 aromatic heterocycles. The van der Waals surface area contributed by atoms with Crippen LogP contribution >= 0.6 is 12.4 Å². The van der Waals surface area contributed by atoms with Crippen LogP contribution in [-0.2, 0) is 4.79 Å². The van der Waals surface area contributed by atoms with Crippen LogP contribution < -0.4 is 16.0 Å². The zero-order valence-corrected chi connectivity index (χ0v) is 14.0. The molecule has 1 aromatic rings. The largest absolute Gasteiger partial charge is 0.349 e. The molecule has 1 unspecified atom stereocenters. The van der Waals surface area contributed by atoms with Crippen molar-refractivity contribution in [1.29, 1.82) is 0 Å². The lowest BCUT2D eigenvalue weighted by atomic mass is 10.1. The van der Waals surface area contributed by atoms with E-state index in [4.69, 9.17) is 0 Å². The molecule has 0 radical (unpaired) electrons. The first kappa shape index (κ1) is 17.8. The van der Waals surface area contributed by atoms with Gasteiger partial charge < -0.3 is 16.0 Å². The quantitative estimate of drug-likeness (QED) is 0.790. The minimum Gasteiger partial charge on any atom is -0.349 e. The van der Waals surface area contributed by atoms with Gasteiger partial charge in [-0.25, -0.2) is 0 Å². The Morgan fingerprint density at radius 1 is 1.00 bits per heavy atom. The van der Waals surface area contributed by atoms with E-state index in [0.717, 1.165) is 37.9 Å². The molecular weight excluding hydrogens is 314 g/mol. The van der Waals surface area contributed by atoms with Crippen LogP contribution in [0.3, 0.4) is 0 Å². The summed E-state index contributed by atoms with van der Waals surface area (Å²) in [5, 5.41) is 9.12. The van der Waals surface area contributed by atoms with E-state index in [1.165, 1.54) is 12.8 Å². The summed E-state index contributed by atoms with van der Waals surface area (Å²) in [6.45, 7) is 0.901. The Labute approximate surface area is 143 Å². The van der Waals surface area contributed by atoms with E-state index in [1.807, 2.05) is 0 Å². The van der Waals surface area contributed by atoms with Gasteiger partial charge in [-0.15, -0.1) is 12.4 Å². The van der Waals surface area contributed by atoms with Gasteiger partial charge in [0.1, 0.15) is 0 Å². The Kier molecular flexibility index (Phi) is 6.42. The maximum absolute atomic E-state index is 12.1. The standard InChI is InChI=1S/C17H23N3O2.ClH/c21-16(19-13-4-1-2-5-13)12-7-9-14(10-8-12)20-17(22)15-6-3-11-18-15;/h7-10,13,15,18H,1-6,11H2,(H,19,21)(H,20,22);1H. The number of nitrogens with one attached hydrogen (secondary N) is 3. The van der Waals surface area contributed by atoms with Crippen LogP contribution in [0, 0.1) is 0 Å². The summed E-state index contributed by atoms with van der Waals surface area (Å²) in [7, 11) is 0. The molecule has 3 rings (SSSR count). The van der Waals surface area contributed by atoms with Crippen LogP contribution in [0.2, 0.25) is 0 Å². The third-order valence-electron chi connectivity index (χ3n) is 4.48. The van der Waals surface area contributed by atoms with Gasteiger partial charge in [0.2, 0.25) is 5.91 Å². The van der Waals surface area contributed by atoms with Crippen LogP contribution in [0.5, 0.6) is 0 Å². The highest BCUT2D eigenvalue weighted by atomic mass is 35.5. The topological polar surface area (TPSA) is 70.2 Å². The summed E-state index contributed by atoms with van der Waals surface area (Å²) < 4.78 is 0. The van der Waals surface area contributed by atoms with Crippen LogP contribution in [0.1, 0.15) is 48.9 Å². The average molecular weight is 338 g/mol. The normalized spacial score (nSPS) is 20.8. The van der Waals surface area contributed by atoms with Crippen molar-refractivity contribution in [2.24, 2.45) is 0 Å². The molecule has 2 aliphatic rings. The Hall–Kier alpha value is -1.59. The van der Waals surface area contributed by atoms with Crippen molar-refractivity contribution in [1.82, 2.24) is 10.6 Å². The first-order valence-corrected chi connectivity index (χ1v) is 8.17. The minimum absolute atomic E-state index is 0. The summed E-state index contributed by atoms with van der Waals surface area (Å²) >= 11 is 0. The number of carbonyl (C=O) groups excluding carboxylic acids is 2. The van der Waals surface area contributed by atoms with E-state index in [-0.39, 0.29) is 30.3 Å². The number of hydrogen-bond acceptors (Lipinski definition) is 3. The highest BCUT2D eigenvalue weighted by Gasteiger charge is 2.22. The van der Waals surface area contributed by atoms with Crippen molar-refractivity contribution in [2.75, 3.05) is 11.9 Å². The molecule has 0 bridgehead atoms. The number of anilines is 1. The number of rotatable bonds is 4. The lowest BCUT2D eigenvalue weighted by molar-refractivity contribution is -0.117. The van der Waals surface area contributed by atoms with Gasteiger partial charge >= 0.3 is 0 Å². The minimum atomic E-state index is -0.0923. The number of halogens is 1. The van der Waals surface area contributed by atoms with Gasteiger partial charge in [-0.2, -0.15) is 0 Å². The fourth-order valence-corrected chi connectivity index (χ4v) is 3.18. The number of benzene rings is 1. The van der Waals surface area contributed by atoms with Crippen molar-refractivity contribution in [3.05, 3.63) is 29.8 Å². The molecule has 1 saturated heterocycles. The Morgan fingerprint density at radius 2 is 1.70 bits per heavy atom. The van der Waals surface area contributed by atoms with Gasteiger partial charge in [0.05, 0.1) is 6.04 Å². The molecule has 1 atom stereocenters. The average Bonchev–Trinajstić information content (AvgIpc) is 3.21. The van der Waals surface area contributed by atoms with E-state index in [2.05, 4.69) is 16.0 Å². The van der Waals surface area contributed by atoms with Crippen molar-refractivity contribution in [2.45, 2.75) is 50.6 Å². The van der Waals surface area contributed by atoms with Gasteiger partial charge in [-0.1, -0.05) is 12.8 Å². The van der Waals surface area contributed by atoms with Crippen molar-refractivity contribution in [3.8, 4) is 0 Å². The van der Waals surface area contributed by atoms with Gasteiger partial charge in [-0.05, 0) is 56.5 Å². The predicted molar refractivity (Wildman–Crippen MR) is 93.1 cm³/mol. The Balaban J connectivity index is 0.00000192. The molecule has 23 heavy (non-hydrogen) atoms. The van der Waals surface area contributed by atoms with Gasteiger partial charge in [0.15, 0.2) is 0 Å². The Morgan fingerprint density at radius 3 is 2.30 bits per heavy atom. The zero-order valence-electron chi connectivity index (χ0n) is 13.1. The molecule has 3 N–H and O–H groups in total. The van der Waals surface area contributed by atoms with E-state index < -0.39 is 0 Å². The van der Waals surface area contributed by atoms with Gasteiger partial charge in [-0.3, -0.25) is 9.59 Å². The van der Waals surface area contributed by atoms with E-state index >= 15 is 0 Å². The second-order valence-electron chi connectivity index (χ2n) is 6.17. The summed E-state index contributed by atoms with van der Waals surface area (Å²) in [5.41, 5.74) is 1.38. The van der Waals surface area contributed by atoms with Crippen molar-refractivity contribution >= 4 is 29.9 Å². The third-order valence-corrected chi connectivity index (χ3v) is 4.48. The lowest BCUT2D eigenvalue weighted by Gasteiger charge is -2.13. The number of hydrogen-bond donors (Lipinski definition) is 3. The summed E-state index contributed by atoms with van der Waals surface area (Å²) in [4.78, 5) is 24.1. The van der Waals surface area contributed by atoms with Crippen LogP contribution in [0.25, 0.3) is 0 Å². The highest BCUT2D eigenvalue weighted by Crippen LogP contribution is 2.18. The summed E-state index contributed by atoms with van der Waals surface area (Å²) in [6.07, 6.45) is 6.48. The van der Waals surface area contributed by atoms with Crippen LogP contribution in [0.4, 0.5) is 5.69 Å². The molecule has 0 spiro atoms. The van der Waals surface area contributed by atoms with E-state index in [0.29, 0.717) is 11.6 Å². The third kappa shape index (κ3) is 4.69. The fraction of sp³-hybridized carbons (Fsp3) is 0.529. The highest BCUT2D eigenvalue weighted by molar-refractivity contribution is 5.97. The predicted octanol–water partition coefficient (Wildman–Crippen LogP) is 2.47. The molecule has 2 amide bonds. The molecule has 6 heteroatoms. The molecule has 5 nitrogen and oxygen atoms in total. The molecule has 1 saturated carbocycles. The first-order valence-electron chi connectivity index (χ1n) is 8.17. The SMILES string of the molecule is Cl.O=C(NC1CCCC1)c1ccc(NC(=O)C2CCCN2)cc1. The molecule has 1 aromatic carbocycles. The Bertz CT molecular complexity index is 535. The van der Waals surface area contributed by atoms with Crippen LogP contribution in [-0.4, -0.2) is 30.4 Å². The maximum Gasteiger partial charge on any atom is 0.251 e. The maximum atomic E-state index is 12.1. The zero-order chi connectivity index (χ0) is 15.4. The molecule has 1 heterocycles. The summed E-state index contributed by atoms with van der Waals surface area (Å²) in [6, 6.07) is 7.34. The lowest BCUT2D eigenvalue weighted by Crippen LogP contribution is -2.35. The fourth-order valence-electron chi connectivity index (χ4n) is 3.18. The van der Waals surface area contributed by atoms with Crippen molar-refractivity contribution < 1.29 is 9.59 Å². The molecule has 2 fully saturated rings. The van der Waals surface area contributed by atoms with Gasteiger partial charge in [0, 0.05) is 17.3 Å². The summed E-state index contributed by atoms with van der Waals surface area (Å²) in [5.74, 6) is -0.0251. The van der Waals surface area contributed by atoms with E-state index in [1.54, 1.807) is 24.3 Å². The molecule has 1 aliphatic carbocycles. The number of amides is 2. The smallest absolute Gasteiger partial charge is 0.251 e. The molecular formula is C17H24ClN3O2. The first-order chi connectivity index (χ1) is 10.7. The van der Waals surface area contributed by atoms with Crippen molar-refractivity contribution in [3.63, 3.8) is 0 Å². The van der Waals surface area contributed by atoms with Gasteiger partial charge in [0.25, 0.3) is 5.91 Å². The van der Waals surface area contributed by atoms with E-state index in [9.17, 15) is 9.59 Å². The van der Waals surface area contributed by atoms with Crippen LogP contribution in [0.15, 0.2) is 24.3 Å². The second-order valence-corrected chi connectivity index (χ2v) is 6.17.